The van der Waals surface area contributed by atoms with Gasteiger partial charge in [0.15, 0.2) is 0 Å². The normalized spacial score (nSPS) is 20.1. The highest BCUT2D eigenvalue weighted by atomic mass is 35.5. The minimum Gasteiger partial charge on any atom is -0.353 e. The van der Waals surface area contributed by atoms with Crippen molar-refractivity contribution in [2.45, 2.75) is 38.3 Å². The summed E-state index contributed by atoms with van der Waals surface area (Å²) in [5.41, 5.74) is 7.42. The molecule has 1 saturated carbocycles. The van der Waals surface area contributed by atoms with Crippen LogP contribution in [-0.4, -0.2) is 27.6 Å². The highest BCUT2D eigenvalue weighted by molar-refractivity contribution is 5.85. The number of halogens is 1. The molecule has 3 N–H and O–H groups in total. The molecule has 0 spiro atoms. The molecule has 1 aromatic carbocycles. The summed E-state index contributed by atoms with van der Waals surface area (Å²) in [6.45, 7) is 1.01. The highest BCUT2D eigenvalue weighted by Crippen LogP contribution is 2.24. The molecule has 1 aromatic heterocycles. The van der Waals surface area contributed by atoms with Gasteiger partial charge in [-0.25, -0.2) is 4.79 Å². The van der Waals surface area contributed by atoms with Crippen molar-refractivity contribution in [1.82, 2.24) is 14.5 Å². The third-order valence-electron chi connectivity index (χ3n) is 4.92. The van der Waals surface area contributed by atoms with E-state index in [0.717, 1.165) is 30.3 Å². The van der Waals surface area contributed by atoms with Crippen LogP contribution in [0.5, 0.6) is 0 Å². The lowest BCUT2D eigenvalue weighted by Gasteiger charge is -2.19. The van der Waals surface area contributed by atoms with Crippen LogP contribution in [-0.2, 0) is 18.4 Å². The molecular weight excluding hydrogens is 328 g/mol. The van der Waals surface area contributed by atoms with Crippen molar-refractivity contribution in [1.29, 1.82) is 0 Å². The second kappa shape index (κ2) is 7.85. The maximum Gasteiger partial charge on any atom is 0.328 e. The van der Waals surface area contributed by atoms with Crippen LogP contribution in [0, 0.1) is 5.92 Å². The van der Waals surface area contributed by atoms with E-state index >= 15 is 0 Å². The van der Waals surface area contributed by atoms with E-state index in [4.69, 9.17) is 5.73 Å². The summed E-state index contributed by atoms with van der Waals surface area (Å²) in [7, 11) is 1.76. The molecule has 0 radical (unpaired) electrons. The molecule has 0 saturated heterocycles. The Morgan fingerprint density at radius 2 is 2.00 bits per heavy atom. The number of hydrogen-bond donors (Lipinski definition) is 2. The number of amides is 1. The Morgan fingerprint density at radius 3 is 2.71 bits per heavy atom. The molecule has 24 heavy (non-hydrogen) atoms. The Kier molecular flexibility index (Phi) is 6.07. The number of fused-ring (bicyclic) bond motifs is 1. The number of hydrogen-bond acceptors (Lipinski definition) is 3. The summed E-state index contributed by atoms with van der Waals surface area (Å²) >= 11 is 0. The minimum atomic E-state index is -0.0836. The lowest BCUT2D eigenvalue weighted by molar-refractivity contribution is -0.122. The lowest BCUT2D eigenvalue weighted by Crippen LogP contribution is -2.40. The number of aromatic nitrogens is 2. The monoisotopic (exact) mass is 352 g/mol. The van der Waals surface area contributed by atoms with Crippen molar-refractivity contribution in [3.8, 4) is 0 Å². The van der Waals surface area contributed by atoms with E-state index < -0.39 is 0 Å². The summed E-state index contributed by atoms with van der Waals surface area (Å²) in [5, 5.41) is 3.08. The van der Waals surface area contributed by atoms with Gasteiger partial charge in [-0.15, -0.1) is 12.4 Å². The van der Waals surface area contributed by atoms with Crippen LogP contribution < -0.4 is 16.7 Å². The number of para-hydroxylation sites is 2. The molecule has 1 aliphatic carbocycles. The Hall–Kier alpha value is -1.79. The number of rotatable bonds is 5. The molecule has 2 aromatic rings. The summed E-state index contributed by atoms with van der Waals surface area (Å²) in [5.74, 6) is 0.384. The van der Waals surface area contributed by atoms with Crippen LogP contribution in [0.2, 0.25) is 0 Å². The zero-order valence-electron chi connectivity index (χ0n) is 13.9. The van der Waals surface area contributed by atoms with Gasteiger partial charge in [-0.1, -0.05) is 18.6 Å². The number of carbonyl (C=O) groups excluding carboxylic acids is 1. The first-order chi connectivity index (χ1) is 11.1. The van der Waals surface area contributed by atoms with E-state index in [1.54, 1.807) is 16.2 Å². The van der Waals surface area contributed by atoms with Crippen LogP contribution >= 0.6 is 12.4 Å². The average Bonchev–Trinajstić information content (AvgIpc) is 3.10. The number of imidazole rings is 1. The topological polar surface area (TPSA) is 82.0 Å². The molecule has 0 bridgehead atoms. The molecule has 1 fully saturated rings. The SMILES string of the molecule is Cl.Cn1c(=O)n(CCC(=O)NC2CCCC2CN)c2ccccc21. The van der Waals surface area contributed by atoms with Crippen molar-refractivity contribution in [3.63, 3.8) is 0 Å². The number of nitrogens with zero attached hydrogens (tertiary/aromatic N) is 2. The number of nitrogens with one attached hydrogen (secondary N) is 1. The second-order valence-corrected chi connectivity index (χ2v) is 6.33. The fourth-order valence-electron chi connectivity index (χ4n) is 3.58. The number of aryl methyl sites for hydroxylation is 2. The molecule has 1 amide bonds. The van der Waals surface area contributed by atoms with Crippen LogP contribution in [0.15, 0.2) is 29.1 Å². The molecular formula is C17H25ClN4O2. The van der Waals surface area contributed by atoms with Gasteiger partial charge in [-0.05, 0) is 37.4 Å². The Morgan fingerprint density at radius 1 is 1.29 bits per heavy atom. The van der Waals surface area contributed by atoms with E-state index in [1.165, 1.54) is 0 Å². The average molecular weight is 353 g/mol. The third-order valence-corrected chi connectivity index (χ3v) is 4.92. The van der Waals surface area contributed by atoms with E-state index in [0.29, 0.717) is 25.4 Å². The van der Waals surface area contributed by atoms with E-state index in [9.17, 15) is 9.59 Å². The van der Waals surface area contributed by atoms with E-state index in [1.807, 2.05) is 24.3 Å². The van der Waals surface area contributed by atoms with Crippen molar-refractivity contribution in [3.05, 3.63) is 34.7 Å². The van der Waals surface area contributed by atoms with Gasteiger partial charge >= 0.3 is 5.69 Å². The standard InChI is InChI=1S/C17H24N4O2.ClH/c1-20-14-7-2-3-8-15(14)21(17(20)23)10-9-16(22)19-13-6-4-5-12(13)11-18;/h2-3,7-8,12-13H,4-6,9-11,18H2,1H3,(H,19,22);1H. The van der Waals surface area contributed by atoms with E-state index in [2.05, 4.69) is 5.32 Å². The first-order valence-corrected chi connectivity index (χ1v) is 8.25. The number of carbonyl (C=O) groups is 1. The van der Waals surface area contributed by atoms with Crippen LogP contribution in [0.1, 0.15) is 25.7 Å². The second-order valence-electron chi connectivity index (χ2n) is 6.33. The predicted molar refractivity (Wildman–Crippen MR) is 97.4 cm³/mol. The van der Waals surface area contributed by atoms with Gasteiger partial charge in [-0.3, -0.25) is 13.9 Å². The van der Waals surface area contributed by atoms with Crippen molar-refractivity contribution in [2.24, 2.45) is 18.7 Å². The first-order valence-electron chi connectivity index (χ1n) is 8.25. The molecule has 2 atom stereocenters. The molecule has 2 unspecified atom stereocenters. The summed E-state index contributed by atoms with van der Waals surface area (Å²) in [4.78, 5) is 24.5. The molecule has 1 heterocycles. The quantitative estimate of drug-likeness (QED) is 0.853. The van der Waals surface area contributed by atoms with Gasteiger partial charge in [0.2, 0.25) is 5.91 Å². The maximum atomic E-state index is 12.3. The lowest BCUT2D eigenvalue weighted by atomic mass is 10.0. The first kappa shape index (κ1) is 18.5. The Balaban J connectivity index is 0.00000208. The minimum absolute atomic E-state index is 0. The zero-order chi connectivity index (χ0) is 16.4. The number of nitrogens with two attached hydrogens (primary N) is 1. The zero-order valence-corrected chi connectivity index (χ0v) is 14.7. The van der Waals surface area contributed by atoms with Crippen molar-refractivity contribution in [2.75, 3.05) is 6.54 Å². The smallest absolute Gasteiger partial charge is 0.328 e. The van der Waals surface area contributed by atoms with Gasteiger partial charge in [0, 0.05) is 26.1 Å². The van der Waals surface area contributed by atoms with E-state index in [-0.39, 0.29) is 30.0 Å². The summed E-state index contributed by atoms with van der Waals surface area (Å²) < 4.78 is 3.29. The number of benzene rings is 1. The van der Waals surface area contributed by atoms with Gasteiger partial charge in [-0.2, -0.15) is 0 Å². The third kappa shape index (κ3) is 3.49. The van der Waals surface area contributed by atoms with Gasteiger partial charge in [0.1, 0.15) is 0 Å². The molecule has 0 aliphatic heterocycles. The van der Waals surface area contributed by atoms with Crippen LogP contribution in [0.3, 0.4) is 0 Å². The molecule has 7 heteroatoms. The van der Waals surface area contributed by atoms with Gasteiger partial charge < -0.3 is 11.1 Å². The predicted octanol–water partition coefficient (Wildman–Crippen LogP) is 1.40. The summed E-state index contributed by atoms with van der Waals surface area (Å²) in [6.07, 6.45) is 3.52. The summed E-state index contributed by atoms with van der Waals surface area (Å²) in [6, 6.07) is 7.83. The fraction of sp³-hybridized carbons (Fsp3) is 0.529. The molecule has 6 nitrogen and oxygen atoms in total. The van der Waals surface area contributed by atoms with Gasteiger partial charge in [0.05, 0.1) is 11.0 Å². The van der Waals surface area contributed by atoms with Crippen LogP contribution in [0.4, 0.5) is 0 Å². The Bertz CT molecular complexity index is 768. The van der Waals surface area contributed by atoms with Crippen molar-refractivity contribution >= 4 is 29.3 Å². The highest BCUT2D eigenvalue weighted by Gasteiger charge is 2.27. The van der Waals surface area contributed by atoms with Gasteiger partial charge in [0.25, 0.3) is 0 Å². The largest absolute Gasteiger partial charge is 0.353 e. The van der Waals surface area contributed by atoms with Crippen molar-refractivity contribution < 1.29 is 4.79 Å². The fourth-order valence-corrected chi connectivity index (χ4v) is 3.58. The molecule has 132 valence electrons. The molecule has 3 rings (SSSR count). The Labute approximate surface area is 147 Å². The maximum absolute atomic E-state index is 12.3. The molecule has 1 aliphatic rings. The van der Waals surface area contributed by atoms with Crippen LogP contribution in [0.25, 0.3) is 11.0 Å².